The fourth-order valence-corrected chi connectivity index (χ4v) is 4.86. The van der Waals surface area contributed by atoms with Gasteiger partial charge in [-0.1, -0.05) is 18.2 Å². The Morgan fingerprint density at radius 1 is 0.812 bits per heavy atom. The highest BCUT2D eigenvalue weighted by molar-refractivity contribution is 7.16. The number of anilines is 3. The lowest BCUT2D eigenvalue weighted by Gasteiger charge is -2.29. The zero-order valence-corrected chi connectivity index (χ0v) is 18.3. The van der Waals surface area contributed by atoms with Gasteiger partial charge < -0.3 is 15.5 Å². The van der Waals surface area contributed by atoms with Gasteiger partial charge in [-0.3, -0.25) is 0 Å². The number of hydrogen-bond acceptors (Lipinski definition) is 7. The Bertz CT molecular complexity index is 1390. The van der Waals surface area contributed by atoms with E-state index in [1.54, 1.807) is 17.7 Å². The van der Waals surface area contributed by atoms with Crippen molar-refractivity contribution in [3.63, 3.8) is 0 Å². The molecule has 0 bridgehead atoms. The Kier molecular flexibility index (Phi) is 4.90. The molecule has 1 fully saturated rings. The van der Waals surface area contributed by atoms with Gasteiger partial charge in [-0.15, -0.1) is 11.3 Å². The molecule has 0 spiro atoms. The van der Waals surface area contributed by atoms with Gasteiger partial charge in [-0.25, -0.2) is 15.0 Å². The van der Waals surface area contributed by atoms with Crippen molar-refractivity contribution >= 4 is 49.6 Å². The lowest BCUT2D eigenvalue weighted by molar-refractivity contribution is 0.589. The third kappa shape index (κ3) is 3.66. The lowest BCUT2D eigenvalue weighted by Crippen LogP contribution is -2.43. The van der Waals surface area contributed by atoms with Gasteiger partial charge >= 0.3 is 0 Å². The minimum atomic E-state index is 0.796. The summed E-state index contributed by atoms with van der Waals surface area (Å²) in [5.41, 5.74) is 8.36. The summed E-state index contributed by atoms with van der Waals surface area (Å²) in [6.07, 6.45) is 1.61. The van der Waals surface area contributed by atoms with Crippen LogP contribution in [0, 0.1) is 0 Å². The molecule has 0 aliphatic carbocycles. The van der Waals surface area contributed by atoms with E-state index in [0.717, 1.165) is 59.7 Å². The predicted molar refractivity (Wildman–Crippen MR) is 133 cm³/mol. The monoisotopic (exact) mass is 438 g/mol. The van der Waals surface area contributed by atoms with Gasteiger partial charge in [0.15, 0.2) is 0 Å². The van der Waals surface area contributed by atoms with Crippen LogP contribution >= 0.6 is 11.3 Å². The standard InChI is InChI=1S/C25H22N6S/c1-5-20(31-11-9-26-10-12-31)6-2-17(1)18-3-7-21-22(13-18)27-15-28-25(21)30-19-4-8-24-23(14-19)29-16-32-24/h1-8,13-16,26H,9-12H2,(H,27,28,30). The smallest absolute Gasteiger partial charge is 0.141 e. The van der Waals surface area contributed by atoms with Crippen LogP contribution in [0.3, 0.4) is 0 Å². The van der Waals surface area contributed by atoms with Crippen LogP contribution < -0.4 is 15.5 Å². The second-order valence-corrected chi connectivity index (χ2v) is 8.78. The Labute approximate surface area is 190 Å². The number of aromatic nitrogens is 3. The molecule has 6 nitrogen and oxygen atoms in total. The molecule has 0 unspecified atom stereocenters. The van der Waals surface area contributed by atoms with Crippen molar-refractivity contribution in [1.29, 1.82) is 0 Å². The number of piperazine rings is 1. The number of thiazole rings is 1. The molecular formula is C25H22N6S. The highest BCUT2D eigenvalue weighted by Gasteiger charge is 2.11. The van der Waals surface area contributed by atoms with Gasteiger partial charge in [-0.05, 0) is 53.6 Å². The number of benzene rings is 3. The molecule has 3 heterocycles. The highest BCUT2D eigenvalue weighted by Crippen LogP contribution is 2.30. The molecule has 0 saturated carbocycles. The Morgan fingerprint density at radius 3 is 2.53 bits per heavy atom. The van der Waals surface area contributed by atoms with Crippen LogP contribution in [0.1, 0.15) is 0 Å². The summed E-state index contributed by atoms with van der Waals surface area (Å²) in [4.78, 5) is 15.8. The number of rotatable bonds is 4. The van der Waals surface area contributed by atoms with Gasteiger partial charge in [0.05, 0.1) is 21.2 Å². The topological polar surface area (TPSA) is 66.0 Å². The average molecular weight is 439 g/mol. The average Bonchev–Trinajstić information content (AvgIpc) is 3.33. The maximum atomic E-state index is 4.53. The van der Waals surface area contributed by atoms with E-state index in [0.29, 0.717) is 0 Å². The summed E-state index contributed by atoms with van der Waals surface area (Å²) in [5.74, 6) is 0.796. The van der Waals surface area contributed by atoms with Gasteiger partial charge in [-0.2, -0.15) is 0 Å². The number of nitrogens with one attached hydrogen (secondary N) is 2. The van der Waals surface area contributed by atoms with Crippen LogP contribution in [0.5, 0.6) is 0 Å². The molecule has 2 N–H and O–H groups in total. The minimum Gasteiger partial charge on any atom is -0.369 e. The SMILES string of the molecule is c1nc(Nc2ccc3scnc3c2)c2ccc(-c3ccc(N4CCNCC4)cc3)cc2n1. The van der Waals surface area contributed by atoms with Crippen LogP contribution in [0.25, 0.3) is 32.2 Å². The molecule has 0 radical (unpaired) electrons. The van der Waals surface area contributed by atoms with Crippen LogP contribution in [-0.2, 0) is 0 Å². The Morgan fingerprint density at radius 2 is 1.66 bits per heavy atom. The molecule has 32 heavy (non-hydrogen) atoms. The fraction of sp³-hybridized carbons (Fsp3) is 0.160. The van der Waals surface area contributed by atoms with Crippen molar-refractivity contribution < 1.29 is 0 Å². The summed E-state index contributed by atoms with van der Waals surface area (Å²) in [6.45, 7) is 4.19. The van der Waals surface area contributed by atoms with E-state index in [1.165, 1.54) is 16.0 Å². The van der Waals surface area contributed by atoms with E-state index in [9.17, 15) is 0 Å². The van der Waals surface area contributed by atoms with E-state index in [4.69, 9.17) is 0 Å². The maximum Gasteiger partial charge on any atom is 0.141 e. The first-order valence-electron chi connectivity index (χ1n) is 10.7. The summed E-state index contributed by atoms with van der Waals surface area (Å²) in [7, 11) is 0. The molecule has 1 aliphatic heterocycles. The zero-order chi connectivity index (χ0) is 21.3. The second kappa shape index (κ2) is 8.18. The number of hydrogen-bond donors (Lipinski definition) is 2. The van der Waals surface area contributed by atoms with Crippen molar-refractivity contribution in [2.24, 2.45) is 0 Å². The fourth-order valence-electron chi connectivity index (χ4n) is 4.20. The summed E-state index contributed by atoms with van der Waals surface area (Å²) in [5, 5.41) is 7.83. The van der Waals surface area contributed by atoms with E-state index in [-0.39, 0.29) is 0 Å². The Balaban J connectivity index is 1.28. The molecule has 5 aromatic rings. The molecule has 0 amide bonds. The molecule has 1 aliphatic rings. The quantitative estimate of drug-likeness (QED) is 0.409. The minimum absolute atomic E-state index is 0.796. The lowest BCUT2D eigenvalue weighted by atomic mass is 10.0. The van der Waals surface area contributed by atoms with Crippen molar-refractivity contribution in [2.45, 2.75) is 0 Å². The number of nitrogens with zero attached hydrogens (tertiary/aromatic N) is 4. The Hall–Kier alpha value is -3.55. The second-order valence-electron chi connectivity index (χ2n) is 7.90. The van der Waals surface area contributed by atoms with E-state index >= 15 is 0 Å². The van der Waals surface area contributed by atoms with Gasteiger partial charge in [0.1, 0.15) is 12.1 Å². The third-order valence-electron chi connectivity index (χ3n) is 5.91. The maximum absolute atomic E-state index is 4.53. The van der Waals surface area contributed by atoms with Gasteiger partial charge in [0, 0.05) is 42.9 Å². The predicted octanol–water partition coefficient (Wildman–Crippen LogP) is 5.06. The van der Waals surface area contributed by atoms with Crippen molar-refractivity contribution in [2.75, 3.05) is 36.4 Å². The third-order valence-corrected chi connectivity index (χ3v) is 6.72. The van der Waals surface area contributed by atoms with Crippen LogP contribution in [-0.4, -0.2) is 41.1 Å². The largest absolute Gasteiger partial charge is 0.369 e. The van der Waals surface area contributed by atoms with Crippen LogP contribution in [0.2, 0.25) is 0 Å². The first kappa shape index (κ1) is 19.2. The van der Waals surface area contributed by atoms with Crippen molar-refractivity contribution in [1.82, 2.24) is 20.3 Å². The molecule has 3 aromatic carbocycles. The molecule has 0 atom stereocenters. The van der Waals surface area contributed by atoms with Gasteiger partial charge in [0.25, 0.3) is 0 Å². The first-order chi connectivity index (χ1) is 15.8. The van der Waals surface area contributed by atoms with Crippen LogP contribution in [0.15, 0.2) is 72.5 Å². The number of fused-ring (bicyclic) bond motifs is 2. The summed E-state index contributed by atoms with van der Waals surface area (Å²) >= 11 is 1.64. The van der Waals surface area contributed by atoms with Crippen molar-refractivity contribution in [3.8, 4) is 11.1 Å². The zero-order valence-electron chi connectivity index (χ0n) is 17.5. The normalized spacial score (nSPS) is 14.2. The molecule has 6 rings (SSSR count). The molecular weight excluding hydrogens is 416 g/mol. The summed E-state index contributed by atoms with van der Waals surface area (Å²) in [6, 6.07) is 21.4. The van der Waals surface area contributed by atoms with Gasteiger partial charge in [0.2, 0.25) is 0 Å². The van der Waals surface area contributed by atoms with Crippen LogP contribution in [0.4, 0.5) is 17.2 Å². The summed E-state index contributed by atoms with van der Waals surface area (Å²) < 4.78 is 1.18. The van der Waals surface area contributed by atoms with E-state index < -0.39 is 0 Å². The first-order valence-corrected chi connectivity index (χ1v) is 11.6. The molecule has 1 saturated heterocycles. The van der Waals surface area contributed by atoms with E-state index in [2.05, 4.69) is 85.1 Å². The van der Waals surface area contributed by atoms with E-state index in [1.807, 2.05) is 11.6 Å². The highest BCUT2D eigenvalue weighted by atomic mass is 32.1. The molecule has 2 aromatic heterocycles. The molecule has 7 heteroatoms. The van der Waals surface area contributed by atoms with Crippen molar-refractivity contribution in [3.05, 3.63) is 72.5 Å². The molecule has 158 valence electrons.